The Balaban J connectivity index is 2.04. The van der Waals surface area contributed by atoms with Gasteiger partial charge in [-0.15, -0.1) is 0 Å². The van der Waals surface area contributed by atoms with E-state index in [0.717, 1.165) is 29.9 Å². The largest absolute Gasteiger partial charge is 0.293 e. The zero-order valence-electron chi connectivity index (χ0n) is 13.1. The van der Waals surface area contributed by atoms with Crippen LogP contribution in [0.2, 0.25) is 0 Å². The number of nitrogens with zero attached hydrogens (tertiary/aromatic N) is 5. The summed E-state index contributed by atoms with van der Waals surface area (Å²) in [5.41, 5.74) is 4.05. The van der Waals surface area contributed by atoms with Crippen LogP contribution in [0.25, 0.3) is 11.0 Å². The molecule has 0 bridgehead atoms. The van der Waals surface area contributed by atoms with Gasteiger partial charge in [-0.1, -0.05) is 6.92 Å². The lowest BCUT2D eigenvalue weighted by atomic mass is 10.2. The van der Waals surface area contributed by atoms with Crippen LogP contribution in [0, 0.1) is 13.8 Å². The third-order valence-electron chi connectivity index (χ3n) is 3.88. The molecular formula is C16H19N5O. The van der Waals surface area contributed by atoms with E-state index in [0.29, 0.717) is 17.6 Å². The Bertz CT molecular complexity index is 878. The molecule has 0 fully saturated rings. The van der Waals surface area contributed by atoms with Crippen molar-refractivity contribution in [1.82, 2.24) is 24.3 Å². The Morgan fingerprint density at radius 2 is 2.05 bits per heavy atom. The van der Waals surface area contributed by atoms with Crippen molar-refractivity contribution in [2.45, 2.75) is 40.3 Å². The number of aryl methyl sites for hydroxylation is 2. The van der Waals surface area contributed by atoms with Gasteiger partial charge in [0, 0.05) is 24.0 Å². The molecule has 0 aromatic carbocycles. The molecule has 3 aromatic heterocycles. The lowest BCUT2D eigenvalue weighted by Crippen LogP contribution is -2.22. The zero-order chi connectivity index (χ0) is 15.7. The SMILES string of the molecule is CCCn1nc(C)c(Cn2cnc3cccnc3c2=O)c1C. The van der Waals surface area contributed by atoms with Gasteiger partial charge >= 0.3 is 0 Å². The molecule has 3 rings (SSSR count). The first-order valence-electron chi connectivity index (χ1n) is 7.45. The molecule has 0 radical (unpaired) electrons. The number of pyridine rings is 1. The van der Waals surface area contributed by atoms with Crippen LogP contribution < -0.4 is 5.56 Å². The first-order chi connectivity index (χ1) is 10.6. The Morgan fingerprint density at radius 3 is 2.82 bits per heavy atom. The molecule has 0 aliphatic carbocycles. The van der Waals surface area contributed by atoms with Crippen molar-refractivity contribution >= 4 is 11.0 Å². The van der Waals surface area contributed by atoms with E-state index in [-0.39, 0.29) is 5.56 Å². The highest BCUT2D eigenvalue weighted by Crippen LogP contribution is 2.14. The minimum atomic E-state index is -0.118. The van der Waals surface area contributed by atoms with Crippen LogP contribution in [-0.2, 0) is 13.1 Å². The Morgan fingerprint density at radius 1 is 1.23 bits per heavy atom. The summed E-state index contributed by atoms with van der Waals surface area (Å²) in [6.45, 7) is 7.51. The van der Waals surface area contributed by atoms with Gasteiger partial charge in [-0.25, -0.2) is 9.97 Å². The van der Waals surface area contributed by atoms with Gasteiger partial charge in [0.1, 0.15) is 0 Å². The molecule has 0 saturated carbocycles. The molecule has 6 heteroatoms. The van der Waals surface area contributed by atoms with Crippen molar-refractivity contribution in [3.63, 3.8) is 0 Å². The fraction of sp³-hybridized carbons (Fsp3) is 0.375. The average molecular weight is 297 g/mol. The quantitative estimate of drug-likeness (QED) is 0.739. The second-order valence-corrected chi connectivity index (χ2v) is 5.42. The third kappa shape index (κ3) is 2.41. The van der Waals surface area contributed by atoms with Gasteiger partial charge in [0.2, 0.25) is 0 Å². The fourth-order valence-corrected chi connectivity index (χ4v) is 2.66. The van der Waals surface area contributed by atoms with E-state index in [4.69, 9.17) is 0 Å². The third-order valence-corrected chi connectivity index (χ3v) is 3.88. The lowest BCUT2D eigenvalue weighted by Gasteiger charge is -2.07. The number of hydrogen-bond donors (Lipinski definition) is 0. The topological polar surface area (TPSA) is 65.6 Å². The van der Waals surface area contributed by atoms with E-state index >= 15 is 0 Å². The second kappa shape index (κ2) is 5.71. The Labute approximate surface area is 128 Å². The molecule has 0 aliphatic rings. The van der Waals surface area contributed by atoms with Crippen molar-refractivity contribution in [1.29, 1.82) is 0 Å². The molecule has 6 nitrogen and oxygen atoms in total. The molecule has 3 aromatic rings. The molecule has 0 unspecified atom stereocenters. The summed E-state index contributed by atoms with van der Waals surface area (Å²) in [5, 5.41) is 4.55. The van der Waals surface area contributed by atoms with Crippen molar-refractivity contribution in [3.05, 3.63) is 52.0 Å². The minimum Gasteiger partial charge on any atom is -0.293 e. The van der Waals surface area contributed by atoms with Crippen LogP contribution in [0.5, 0.6) is 0 Å². The maximum absolute atomic E-state index is 12.5. The Hall–Kier alpha value is -2.50. The highest BCUT2D eigenvalue weighted by Gasteiger charge is 2.13. The molecule has 0 spiro atoms. The number of rotatable bonds is 4. The molecule has 22 heavy (non-hydrogen) atoms. The predicted molar refractivity (Wildman–Crippen MR) is 84.9 cm³/mol. The summed E-state index contributed by atoms with van der Waals surface area (Å²) in [6, 6.07) is 3.58. The van der Waals surface area contributed by atoms with Crippen molar-refractivity contribution in [2.24, 2.45) is 0 Å². The molecular weight excluding hydrogens is 278 g/mol. The second-order valence-electron chi connectivity index (χ2n) is 5.42. The van der Waals surface area contributed by atoms with Gasteiger partial charge in [-0.2, -0.15) is 5.10 Å². The van der Waals surface area contributed by atoms with Crippen LogP contribution >= 0.6 is 0 Å². The standard InChI is InChI=1S/C16H19N5O/c1-4-8-21-12(3)13(11(2)19-21)9-20-10-18-14-6-5-7-17-15(14)16(20)22/h5-7,10H,4,8-9H2,1-3H3. The van der Waals surface area contributed by atoms with E-state index in [1.807, 2.05) is 18.5 Å². The summed E-state index contributed by atoms with van der Waals surface area (Å²) >= 11 is 0. The fourth-order valence-electron chi connectivity index (χ4n) is 2.66. The van der Waals surface area contributed by atoms with Gasteiger partial charge in [0.15, 0.2) is 5.52 Å². The van der Waals surface area contributed by atoms with E-state index in [2.05, 4.69) is 22.0 Å². The maximum Gasteiger partial charge on any atom is 0.280 e. The van der Waals surface area contributed by atoms with Crippen molar-refractivity contribution in [2.75, 3.05) is 0 Å². The van der Waals surface area contributed by atoms with E-state index in [9.17, 15) is 4.79 Å². The van der Waals surface area contributed by atoms with Crippen molar-refractivity contribution in [3.8, 4) is 0 Å². The first-order valence-corrected chi connectivity index (χ1v) is 7.45. The summed E-state index contributed by atoms with van der Waals surface area (Å²) < 4.78 is 3.60. The summed E-state index contributed by atoms with van der Waals surface area (Å²) in [6.07, 6.45) is 4.23. The number of hydrogen-bond acceptors (Lipinski definition) is 4. The van der Waals surface area contributed by atoms with Gasteiger partial charge in [-0.05, 0) is 32.4 Å². The molecule has 0 aliphatic heterocycles. The van der Waals surface area contributed by atoms with E-state index < -0.39 is 0 Å². The van der Waals surface area contributed by atoms with Crippen LogP contribution in [0.1, 0.15) is 30.3 Å². The number of fused-ring (bicyclic) bond motifs is 1. The highest BCUT2D eigenvalue weighted by molar-refractivity contribution is 5.71. The molecule has 0 N–H and O–H groups in total. The van der Waals surface area contributed by atoms with Gasteiger partial charge in [0.05, 0.1) is 24.1 Å². The molecule has 114 valence electrons. The Kier molecular flexibility index (Phi) is 3.75. The minimum absolute atomic E-state index is 0.118. The summed E-state index contributed by atoms with van der Waals surface area (Å²) in [7, 11) is 0. The maximum atomic E-state index is 12.5. The van der Waals surface area contributed by atoms with Crippen LogP contribution in [0.15, 0.2) is 29.5 Å². The van der Waals surface area contributed by atoms with E-state index in [1.165, 1.54) is 0 Å². The average Bonchev–Trinajstić information content (AvgIpc) is 2.78. The van der Waals surface area contributed by atoms with E-state index in [1.54, 1.807) is 29.2 Å². The van der Waals surface area contributed by atoms with Crippen LogP contribution in [-0.4, -0.2) is 24.3 Å². The first kappa shape index (κ1) is 14.4. The zero-order valence-corrected chi connectivity index (χ0v) is 13.1. The molecule has 0 saturated heterocycles. The lowest BCUT2D eigenvalue weighted by molar-refractivity contribution is 0.582. The molecule has 0 amide bonds. The molecule has 0 atom stereocenters. The van der Waals surface area contributed by atoms with Gasteiger partial charge in [-0.3, -0.25) is 14.0 Å². The monoisotopic (exact) mass is 297 g/mol. The van der Waals surface area contributed by atoms with Gasteiger partial charge < -0.3 is 0 Å². The smallest absolute Gasteiger partial charge is 0.280 e. The van der Waals surface area contributed by atoms with Crippen molar-refractivity contribution < 1.29 is 0 Å². The predicted octanol–water partition coefficient (Wildman–Crippen LogP) is 2.06. The summed E-state index contributed by atoms with van der Waals surface area (Å²) in [4.78, 5) is 21.0. The number of aromatic nitrogens is 5. The van der Waals surface area contributed by atoms with Crippen LogP contribution in [0.4, 0.5) is 0 Å². The highest BCUT2D eigenvalue weighted by atomic mass is 16.1. The molecule has 3 heterocycles. The van der Waals surface area contributed by atoms with Gasteiger partial charge in [0.25, 0.3) is 5.56 Å². The van der Waals surface area contributed by atoms with Crippen LogP contribution in [0.3, 0.4) is 0 Å². The summed E-state index contributed by atoms with van der Waals surface area (Å²) in [5.74, 6) is 0. The normalized spacial score (nSPS) is 11.2.